The number of alkyl halides is 3. The zero-order valence-electron chi connectivity index (χ0n) is 23.2. The van der Waals surface area contributed by atoms with E-state index in [1.165, 1.54) is 36.4 Å². The molecule has 0 aliphatic carbocycles. The zero-order chi connectivity index (χ0) is 32.1. The molecule has 0 radical (unpaired) electrons. The SMILES string of the molecule is CS(=O)(=O)c1ccc(-c2ccc(C(=O)N3CCC[C@H]3CN3CCCC3)c(C(F)(F)F)c2)cc1.O=C(O)[C@H](O)[C@@H](O)C(=O)O. The van der Waals surface area contributed by atoms with Gasteiger partial charge in [0.2, 0.25) is 0 Å². The fraction of sp³-hybridized carbons (Fsp3) is 0.464. The summed E-state index contributed by atoms with van der Waals surface area (Å²) in [5.41, 5.74) is -0.592. The van der Waals surface area contributed by atoms with Crippen molar-refractivity contribution in [2.75, 3.05) is 32.4 Å². The average Bonchev–Trinajstić information content (AvgIpc) is 3.63. The third kappa shape index (κ3) is 8.75. The lowest BCUT2D eigenvalue weighted by Gasteiger charge is -2.29. The van der Waals surface area contributed by atoms with Crippen LogP contribution in [0.15, 0.2) is 47.4 Å². The summed E-state index contributed by atoms with van der Waals surface area (Å²) in [5.74, 6) is -4.12. The van der Waals surface area contributed by atoms with E-state index in [9.17, 15) is 36.0 Å². The topological polar surface area (TPSA) is 173 Å². The molecule has 2 aromatic rings. The molecule has 4 rings (SSSR count). The monoisotopic (exact) mass is 630 g/mol. The zero-order valence-corrected chi connectivity index (χ0v) is 24.0. The van der Waals surface area contributed by atoms with Gasteiger partial charge < -0.3 is 30.2 Å². The molecule has 2 aliphatic heterocycles. The quantitative estimate of drug-likeness (QED) is 0.339. The van der Waals surface area contributed by atoms with E-state index >= 15 is 0 Å². The van der Waals surface area contributed by atoms with E-state index in [4.69, 9.17) is 20.4 Å². The van der Waals surface area contributed by atoms with Crippen LogP contribution in [0.2, 0.25) is 0 Å². The van der Waals surface area contributed by atoms with Crippen molar-refractivity contribution in [2.24, 2.45) is 0 Å². The number of amides is 1. The van der Waals surface area contributed by atoms with E-state index in [0.717, 1.165) is 51.1 Å². The molecular formula is C28H33F3N2O9S. The van der Waals surface area contributed by atoms with Crippen LogP contribution >= 0.6 is 0 Å². The lowest BCUT2D eigenvalue weighted by Crippen LogP contribution is -2.43. The predicted molar refractivity (Wildman–Crippen MR) is 147 cm³/mol. The van der Waals surface area contributed by atoms with Gasteiger partial charge in [-0.05, 0) is 74.2 Å². The van der Waals surface area contributed by atoms with Crippen LogP contribution in [0.1, 0.15) is 41.6 Å². The van der Waals surface area contributed by atoms with Gasteiger partial charge in [0.1, 0.15) is 0 Å². The second-order valence-corrected chi connectivity index (χ2v) is 12.4. The van der Waals surface area contributed by atoms with E-state index in [-0.39, 0.29) is 22.1 Å². The normalized spacial score (nSPS) is 18.9. The van der Waals surface area contributed by atoms with Gasteiger partial charge in [-0.3, -0.25) is 4.79 Å². The van der Waals surface area contributed by atoms with E-state index in [2.05, 4.69) is 4.90 Å². The second-order valence-electron chi connectivity index (χ2n) is 10.4. The number of carboxylic acid groups (broad SMARTS) is 2. The summed E-state index contributed by atoms with van der Waals surface area (Å²) < 4.78 is 65.2. The predicted octanol–water partition coefficient (Wildman–Crippen LogP) is 2.35. The number of sulfone groups is 1. The van der Waals surface area contributed by atoms with Crippen LogP contribution in [0, 0.1) is 0 Å². The number of hydrogen-bond acceptors (Lipinski definition) is 8. The van der Waals surface area contributed by atoms with Crippen molar-refractivity contribution in [1.82, 2.24) is 9.80 Å². The van der Waals surface area contributed by atoms with Gasteiger partial charge in [-0.25, -0.2) is 18.0 Å². The first-order chi connectivity index (χ1) is 20.0. The highest BCUT2D eigenvalue weighted by Crippen LogP contribution is 2.37. The van der Waals surface area contributed by atoms with Gasteiger partial charge in [0.05, 0.1) is 16.0 Å². The number of aliphatic carboxylic acids is 2. The molecule has 0 spiro atoms. The average molecular weight is 631 g/mol. The summed E-state index contributed by atoms with van der Waals surface area (Å²) in [6.07, 6.45) is -4.34. The molecule has 2 aromatic carbocycles. The molecule has 4 N–H and O–H groups in total. The summed E-state index contributed by atoms with van der Waals surface area (Å²) in [5, 5.41) is 32.5. The molecule has 1 amide bonds. The number of halogens is 3. The lowest BCUT2D eigenvalue weighted by atomic mass is 9.97. The van der Waals surface area contributed by atoms with E-state index in [1.54, 1.807) is 4.90 Å². The van der Waals surface area contributed by atoms with E-state index in [1.807, 2.05) is 0 Å². The van der Waals surface area contributed by atoms with Crippen LogP contribution in [-0.4, -0.2) is 107 Å². The van der Waals surface area contributed by atoms with Gasteiger partial charge in [-0.2, -0.15) is 13.2 Å². The molecule has 236 valence electrons. The molecule has 2 fully saturated rings. The van der Waals surface area contributed by atoms with Crippen LogP contribution in [0.5, 0.6) is 0 Å². The fourth-order valence-corrected chi connectivity index (χ4v) is 5.65. The molecular weight excluding hydrogens is 597 g/mol. The van der Waals surface area contributed by atoms with E-state index < -0.39 is 51.6 Å². The maximum absolute atomic E-state index is 14.0. The molecule has 11 nitrogen and oxygen atoms in total. The van der Waals surface area contributed by atoms with Crippen molar-refractivity contribution in [1.29, 1.82) is 0 Å². The van der Waals surface area contributed by atoms with Crippen molar-refractivity contribution in [3.05, 3.63) is 53.6 Å². The summed E-state index contributed by atoms with van der Waals surface area (Å²) in [6, 6.07) is 9.32. The first-order valence-electron chi connectivity index (χ1n) is 13.4. The Bertz CT molecular complexity index is 1410. The summed E-state index contributed by atoms with van der Waals surface area (Å²) in [6.45, 7) is 3.11. The van der Waals surface area contributed by atoms with Crippen LogP contribution in [0.3, 0.4) is 0 Å². The van der Waals surface area contributed by atoms with Gasteiger partial charge in [-0.1, -0.05) is 18.2 Å². The number of likely N-dealkylation sites (tertiary alicyclic amines) is 2. The second kappa shape index (κ2) is 13.8. The molecule has 3 atom stereocenters. The molecule has 0 unspecified atom stereocenters. The number of aliphatic hydroxyl groups excluding tert-OH is 2. The van der Waals surface area contributed by atoms with Crippen molar-refractivity contribution in [2.45, 2.75) is 55.0 Å². The Morgan fingerprint density at radius 2 is 1.42 bits per heavy atom. The van der Waals surface area contributed by atoms with Crippen molar-refractivity contribution in [3.63, 3.8) is 0 Å². The number of aliphatic hydroxyl groups is 2. The Labute approximate surface area is 246 Å². The van der Waals surface area contributed by atoms with Gasteiger partial charge in [0.15, 0.2) is 22.0 Å². The molecule has 43 heavy (non-hydrogen) atoms. The highest BCUT2D eigenvalue weighted by atomic mass is 32.2. The highest BCUT2D eigenvalue weighted by molar-refractivity contribution is 7.90. The highest BCUT2D eigenvalue weighted by Gasteiger charge is 2.39. The Kier molecular flexibility index (Phi) is 10.9. The Morgan fingerprint density at radius 1 is 0.884 bits per heavy atom. The summed E-state index contributed by atoms with van der Waals surface area (Å²) >= 11 is 0. The van der Waals surface area contributed by atoms with Crippen molar-refractivity contribution < 1.29 is 56.4 Å². The minimum absolute atomic E-state index is 0.0695. The molecule has 0 saturated carbocycles. The number of hydrogen-bond donors (Lipinski definition) is 4. The van der Waals surface area contributed by atoms with Gasteiger partial charge >= 0.3 is 18.1 Å². The number of nitrogens with zero attached hydrogens (tertiary/aromatic N) is 2. The fourth-order valence-electron chi connectivity index (χ4n) is 5.02. The number of carboxylic acids is 2. The molecule has 2 saturated heterocycles. The number of benzene rings is 2. The molecule has 2 heterocycles. The van der Waals surface area contributed by atoms with Gasteiger partial charge in [-0.15, -0.1) is 0 Å². The van der Waals surface area contributed by atoms with Gasteiger partial charge in [0, 0.05) is 25.4 Å². The van der Waals surface area contributed by atoms with Crippen LogP contribution in [0.25, 0.3) is 11.1 Å². The first-order valence-corrected chi connectivity index (χ1v) is 15.3. The minimum Gasteiger partial charge on any atom is -0.479 e. The smallest absolute Gasteiger partial charge is 0.417 e. The summed E-state index contributed by atoms with van der Waals surface area (Å²) in [4.78, 5) is 36.8. The number of carbonyl (C=O) groups is 3. The minimum atomic E-state index is -4.70. The van der Waals surface area contributed by atoms with E-state index in [0.29, 0.717) is 18.7 Å². The number of rotatable bonds is 8. The maximum atomic E-state index is 14.0. The summed E-state index contributed by atoms with van der Waals surface area (Å²) in [7, 11) is -3.41. The Balaban J connectivity index is 0.000000436. The number of carbonyl (C=O) groups excluding carboxylic acids is 1. The largest absolute Gasteiger partial charge is 0.479 e. The molecule has 2 aliphatic rings. The third-order valence-electron chi connectivity index (χ3n) is 7.28. The third-order valence-corrected chi connectivity index (χ3v) is 8.41. The maximum Gasteiger partial charge on any atom is 0.417 e. The molecule has 0 aromatic heterocycles. The van der Waals surface area contributed by atoms with Crippen molar-refractivity contribution >= 4 is 27.7 Å². The molecule has 15 heteroatoms. The van der Waals surface area contributed by atoms with Crippen LogP contribution < -0.4 is 0 Å². The van der Waals surface area contributed by atoms with Crippen LogP contribution in [0.4, 0.5) is 13.2 Å². The van der Waals surface area contributed by atoms with Crippen molar-refractivity contribution in [3.8, 4) is 11.1 Å². The lowest BCUT2D eigenvalue weighted by molar-refractivity contribution is -0.165. The Hall–Kier alpha value is -3.53. The molecule has 0 bridgehead atoms. The van der Waals surface area contributed by atoms with Gasteiger partial charge in [0.25, 0.3) is 5.91 Å². The van der Waals surface area contributed by atoms with Crippen LogP contribution in [-0.2, 0) is 25.6 Å². The Morgan fingerprint density at radius 3 is 1.91 bits per heavy atom. The standard InChI is InChI=1S/C24H27F3N2O3S.C4H6O6/c1-33(31,32)20-9-6-17(7-10-20)18-8-11-21(22(15-18)24(25,26)27)23(30)29-14-4-5-19(29)16-28-12-2-3-13-28;5-1(3(7)8)2(6)4(9)10/h6-11,15,19H,2-5,12-14,16H2,1H3;1-2,5-6H,(H,7,8)(H,9,10)/t19-;1-,2-/m01/s1. The first kappa shape index (κ1) is 34.0.